The molecule has 0 radical (unpaired) electrons. The van der Waals surface area contributed by atoms with Crippen molar-refractivity contribution in [2.45, 2.75) is 40.0 Å². The van der Waals surface area contributed by atoms with Crippen LogP contribution in [-0.2, 0) is 4.74 Å². The highest BCUT2D eigenvalue weighted by Gasteiger charge is 2.08. The van der Waals surface area contributed by atoms with E-state index in [1.165, 1.54) is 32.4 Å². The molecular formula is C15H34N2O. The van der Waals surface area contributed by atoms with Crippen LogP contribution in [0.3, 0.4) is 0 Å². The number of rotatable bonds is 6. The van der Waals surface area contributed by atoms with Crippen molar-refractivity contribution in [3.05, 3.63) is 0 Å². The van der Waals surface area contributed by atoms with Crippen LogP contribution in [-0.4, -0.2) is 63.3 Å². The van der Waals surface area contributed by atoms with Gasteiger partial charge in [0.05, 0.1) is 13.2 Å². The van der Waals surface area contributed by atoms with Gasteiger partial charge in [0, 0.05) is 13.1 Å². The molecule has 110 valence electrons. The second-order valence-electron chi connectivity index (χ2n) is 5.82. The average Bonchev–Trinajstić information content (AvgIpc) is 2.30. The van der Waals surface area contributed by atoms with Crippen molar-refractivity contribution in [2.24, 2.45) is 5.92 Å². The predicted octanol–water partition coefficient (Wildman–Crippen LogP) is 2.71. The number of hydrogen-bond donors (Lipinski definition) is 0. The Hall–Kier alpha value is -0.120. The van der Waals surface area contributed by atoms with E-state index in [2.05, 4.69) is 44.7 Å². The number of hydrogen-bond acceptors (Lipinski definition) is 3. The van der Waals surface area contributed by atoms with Crippen LogP contribution >= 0.6 is 0 Å². The van der Waals surface area contributed by atoms with Gasteiger partial charge in [-0.3, -0.25) is 4.90 Å². The highest BCUT2D eigenvalue weighted by molar-refractivity contribution is 4.61. The molecule has 0 aromatic carbocycles. The van der Waals surface area contributed by atoms with E-state index >= 15 is 0 Å². The summed E-state index contributed by atoms with van der Waals surface area (Å²) < 4.78 is 5.26. The Balaban J connectivity index is 0.000000360. The summed E-state index contributed by atoms with van der Waals surface area (Å²) >= 11 is 0. The second-order valence-corrected chi connectivity index (χ2v) is 5.82. The van der Waals surface area contributed by atoms with E-state index in [9.17, 15) is 0 Å². The van der Waals surface area contributed by atoms with Gasteiger partial charge in [0.25, 0.3) is 0 Å². The highest BCUT2D eigenvalue weighted by Crippen LogP contribution is 2.01. The summed E-state index contributed by atoms with van der Waals surface area (Å²) in [4.78, 5) is 4.70. The summed E-state index contributed by atoms with van der Waals surface area (Å²) in [5.74, 6) is 0.801. The summed E-state index contributed by atoms with van der Waals surface area (Å²) in [5.41, 5.74) is 0. The SMILES string of the molecule is CC(C)CN(C)C.CCCCCN1CCOCC1. The lowest BCUT2D eigenvalue weighted by Crippen LogP contribution is -2.36. The topological polar surface area (TPSA) is 15.7 Å². The van der Waals surface area contributed by atoms with Crippen LogP contribution in [0.4, 0.5) is 0 Å². The molecule has 0 N–H and O–H groups in total. The van der Waals surface area contributed by atoms with Crippen LogP contribution in [0.1, 0.15) is 40.0 Å². The van der Waals surface area contributed by atoms with Crippen molar-refractivity contribution in [3.63, 3.8) is 0 Å². The van der Waals surface area contributed by atoms with Crippen LogP contribution in [0.25, 0.3) is 0 Å². The van der Waals surface area contributed by atoms with E-state index in [1.807, 2.05) is 0 Å². The molecule has 0 spiro atoms. The Bertz CT molecular complexity index is 160. The molecule has 0 amide bonds. The molecule has 0 aliphatic carbocycles. The molecule has 1 saturated heterocycles. The summed E-state index contributed by atoms with van der Waals surface area (Å²) in [6, 6.07) is 0. The summed E-state index contributed by atoms with van der Waals surface area (Å²) in [6.07, 6.45) is 4.05. The zero-order chi connectivity index (χ0) is 13.8. The minimum Gasteiger partial charge on any atom is -0.379 e. The first-order valence-corrected chi connectivity index (χ1v) is 7.51. The molecule has 0 atom stereocenters. The van der Waals surface area contributed by atoms with Gasteiger partial charge in [0.2, 0.25) is 0 Å². The van der Waals surface area contributed by atoms with E-state index < -0.39 is 0 Å². The molecule has 1 aliphatic rings. The number of morpholine rings is 1. The molecule has 1 rings (SSSR count). The second kappa shape index (κ2) is 11.9. The maximum Gasteiger partial charge on any atom is 0.0594 e. The molecule has 0 saturated carbocycles. The molecule has 0 aromatic heterocycles. The Morgan fingerprint density at radius 1 is 1.11 bits per heavy atom. The maximum atomic E-state index is 5.26. The van der Waals surface area contributed by atoms with Gasteiger partial charge < -0.3 is 9.64 Å². The molecule has 18 heavy (non-hydrogen) atoms. The molecule has 3 nitrogen and oxygen atoms in total. The minimum absolute atomic E-state index is 0.801. The molecule has 1 heterocycles. The van der Waals surface area contributed by atoms with Crippen molar-refractivity contribution in [1.82, 2.24) is 9.80 Å². The van der Waals surface area contributed by atoms with Gasteiger partial charge in [0.15, 0.2) is 0 Å². The van der Waals surface area contributed by atoms with Gasteiger partial charge in [0.1, 0.15) is 0 Å². The predicted molar refractivity (Wildman–Crippen MR) is 80.2 cm³/mol. The molecular weight excluding hydrogens is 224 g/mol. The first-order valence-electron chi connectivity index (χ1n) is 7.51. The quantitative estimate of drug-likeness (QED) is 0.681. The number of ether oxygens (including phenoxy) is 1. The monoisotopic (exact) mass is 258 g/mol. The van der Waals surface area contributed by atoms with Crippen LogP contribution in [0, 0.1) is 5.92 Å². The van der Waals surface area contributed by atoms with Gasteiger partial charge in [-0.25, -0.2) is 0 Å². The van der Waals surface area contributed by atoms with Crippen molar-refractivity contribution in [1.29, 1.82) is 0 Å². The minimum atomic E-state index is 0.801. The van der Waals surface area contributed by atoms with E-state index in [0.29, 0.717) is 0 Å². The van der Waals surface area contributed by atoms with E-state index in [4.69, 9.17) is 4.74 Å². The summed E-state index contributed by atoms with van der Waals surface area (Å²) in [5, 5.41) is 0. The molecule has 0 aromatic rings. The maximum absolute atomic E-state index is 5.26. The smallest absolute Gasteiger partial charge is 0.0594 e. The first-order chi connectivity index (χ1) is 8.56. The molecule has 1 fully saturated rings. The highest BCUT2D eigenvalue weighted by atomic mass is 16.5. The fourth-order valence-corrected chi connectivity index (χ4v) is 2.14. The Labute approximate surface area is 114 Å². The lowest BCUT2D eigenvalue weighted by Gasteiger charge is -2.26. The van der Waals surface area contributed by atoms with Gasteiger partial charge in [-0.2, -0.15) is 0 Å². The number of nitrogens with zero attached hydrogens (tertiary/aromatic N) is 2. The summed E-state index contributed by atoms with van der Waals surface area (Å²) in [6.45, 7) is 13.3. The zero-order valence-electron chi connectivity index (χ0n) is 13.2. The first kappa shape index (κ1) is 17.9. The Morgan fingerprint density at radius 2 is 1.72 bits per heavy atom. The van der Waals surface area contributed by atoms with Crippen LogP contribution in [0.15, 0.2) is 0 Å². The lowest BCUT2D eigenvalue weighted by atomic mass is 10.2. The third-order valence-electron chi connectivity index (χ3n) is 2.91. The van der Waals surface area contributed by atoms with Gasteiger partial charge in [-0.1, -0.05) is 33.6 Å². The lowest BCUT2D eigenvalue weighted by molar-refractivity contribution is 0.0372. The molecule has 3 heteroatoms. The van der Waals surface area contributed by atoms with Crippen molar-refractivity contribution in [3.8, 4) is 0 Å². The van der Waals surface area contributed by atoms with Crippen molar-refractivity contribution < 1.29 is 4.74 Å². The standard InChI is InChI=1S/C9H19NO.C6H15N/c1-2-3-4-5-10-6-8-11-9-7-10;1-6(2)5-7(3)4/h2-9H2,1H3;6H,5H2,1-4H3. The molecule has 1 aliphatic heterocycles. The van der Waals surface area contributed by atoms with Crippen molar-refractivity contribution >= 4 is 0 Å². The van der Waals surface area contributed by atoms with Crippen LogP contribution in [0.5, 0.6) is 0 Å². The number of unbranched alkanes of at least 4 members (excludes halogenated alkanes) is 2. The van der Waals surface area contributed by atoms with Gasteiger partial charge in [-0.15, -0.1) is 0 Å². The van der Waals surface area contributed by atoms with Crippen molar-refractivity contribution in [2.75, 3.05) is 53.5 Å². The third-order valence-corrected chi connectivity index (χ3v) is 2.91. The summed E-state index contributed by atoms with van der Waals surface area (Å²) in [7, 11) is 4.19. The Morgan fingerprint density at radius 3 is 2.11 bits per heavy atom. The van der Waals surface area contributed by atoms with Gasteiger partial charge >= 0.3 is 0 Å². The van der Waals surface area contributed by atoms with Gasteiger partial charge in [-0.05, 0) is 39.5 Å². The molecule has 0 unspecified atom stereocenters. The largest absolute Gasteiger partial charge is 0.379 e. The van der Waals surface area contributed by atoms with Crippen LogP contribution < -0.4 is 0 Å². The third kappa shape index (κ3) is 12.3. The normalized spacial score (nSPS) is 16.8. The zero-order valence-corrected chi connectivity index (χ0v) is 13.2. The average molecular weight is 258 g/mol. The molecule has 0 bridgehead atoms. The fourth-order valence-electron chi connectivity index (χ4n) is 2.14. The fraction of sp³-hybridized carbons (Fsp3) is 1.00. The van der Waals surface area contributed by atoms with E-state index in [0.717, 1.165) is 32.2 Å². The van der Waals surface area contributed by atoms with E-state index in [-0.39, 0.29) is 0 Å². The van der Waals surface area contributed by atoms with Crippen LogP contribution in [0.2, 0.25) is 0 Å². The van der Waals surface area contributed by atoms with E-state index in [1.54, 1.807) is 0 Å². The Kier molecular flexibility index (Phi) is 11.9.